The Bertz CT molecular complexity index is 919. The molecule has 0 bridgehead atoms. The molecule has 2 saturated heterocycles. The molecule has 0 radical (unpaired) electrons. The van der Waals surface area contributed by atoms with Crippen LogP contribution in [0.3, 0.4) is 0 Å². The molecule has 4 fully saturated rings. The van der Waals surface area contributed by atoms with Crippen LogP contribution in [0.4, 0.5) is 9.59 Å². The molecule has 2 saturated carbocycles. The lowest BCUT2D eigenvalue weighted by Gasteiger charge is -2.60. The van der Waals surface area contributed by atoms with Crippen LogP contribution in [-0.2, 0) is 14.4 Å². The van der Waals surface area contributed by atoms with Gasteiger partial charge in [0.2, 0.25) is 5.91 Å². The standard InChI is InChI=1S/C22H32N6O5/c1-3-4-9-27-17(30)15(16(23)24)18(31)28(20(27)33)13-5-7-21(8-6-13)11-22(12-21)10-14(29)26(2)19(32)25-22/h13H,3-12,23-24H2,1-2H3,(H,25,32). The van der Waals surface area contributed by atoms with Gasteiger partial charge in [-0.1, -0.05) is 13.3 Å². The number of nitrogens with one attached hydrogen (secondary N) is 1. The van der Waals surface area contributed by atoms with Gasteiger partial charge in [-0.15, -0.1) is 0 Å². The molecule has 4 aliphatic rings. The predicted octanol–water partition coefficient (Wildman–Crippen LogP) is 0.740. The highest BCUT2D eigenvalue weighted by Gasteiger charge is 2.59. The number of barbiturate groups is 1. The van der Waals surface area contributed by atoms with E-state index in [0.717, 1.165) is 34.0 Å². The van der Waals surface area contributed by atoms with Gasteiger partial charge in [0.05, 0.1) is 12.0 Å². The van der Waals surface area contributed by atoms with Crippen LogP contribution in [0.5, 0.6) is 0 Å². The fourth-order valence-corrected chi connectivity index (χ4v) is 6.03. The fraction of sp³-hybridized carbons (Fsp3) is 0.682. The van der Waals surface area contributed by atoms with Crippen LogP contribution in [0.2, 0.25) is 0 Å². The van der Waals surface area contributed by atoms with Gasteiger partial charge in [-0.25, -0.2) is 9.59 Å². The van der Waals surface area contributed by atoms with Crippen molar-refractivity contribution in [3.63, 3.8) is 0 Å². The largest absolute Gasteiger partial charge is 0.385 e. The van der Waals surface area contributed by atoms with Crippen molar-refractivity contribution in [2.24, 2.45) is 16.9 Å². The molecule has 11 nitrogen and oxygen atoms in total. The van der Waals surface area contributed by atoms with Crippen molar-refractivity contribution in [3.8, 4) is 0 Å². The molecule has 180 valence electrons. The minimum atomic E-state index is -0.731. The summed E-state index contributed by atoms with van der Waals surface area (Å²) >= 11 is 0. The van der Waals surface area contributed by atoms with Crippen LogP contribution in [-0.4, -0.2) is 69.7 Å². The quantitative estimate of drug-likeness (QED) is 0.412. The van der Waals surface area contributed by atoms with Gasteiger partial charge < -0.3 is 16.8 Å². The van der Waals surface area contributed by atoms with E-state index < -0.39 is 23.4 Å². The van der Waals surface area contributed by atoms with Crippen molar-refractivity contribution in [2.75, 3.05) is 13.6 Å². The first-order valence-corrected chi connectivity index (χ1v) is 11.6. The molecule has 7 amide bonds. The highest BCUT2D eigenvalue weighted by molar-refractivity contribution is 6.29. The minimum absolute atomic E-state index is 0.0227. The molecule has 0 atom stereocenters. The maximum Gasteiger partial charge on any atom is 0.334 e. The van der Waals surface area contributed by atoms with E-state index in [0.29, 0.717) is 38.5 Å². The second-order valence-electron chi connectivity index (χ2n) is 10.0. The lowest BCUT2D eigenvalue weighted by atomic mass is 9.50. The first-order valence-electron chi connectivity index (χ1n) is 11.6. The lowest BCUT2D eigenvalue weighted by Crippen LogP contribution is -2.69. The van der Waals surface area contributed by atoms with Crippen molar-refractivity contribution in [3.05, 3.63) is 11.4 Å². The Morgan fingerprint density at radius 1 is 1.06 bits per heavy atom. The Morgan fingerprint density at radius 2 is 1.70 bits per heavy atom. The molecular formula is C22H32N6O5. The maximum atomic E-state index is 13.1. The van der Waals surface area contributed by atoms with Crippen molar-refractivity contribution in [1.29, 1.82) is 0 Å². The number of imide groups is 3. The normalized spacial score (nSPS) is 32.5. The summed E-state index contributed by atoms with van der Waals surface area (Å²) in [7, 11) is 1.47. The van der Waals surface area contributed by atoms with Crippen LogP contribution in [0.1, 0.15) is 64.7 Å². The molecule has 4 rings (SSSR count). The Morgan fingerprint density at radius 3 is 2.24 bits per heavy atom. The number of carbonyl (C=O) groups excluding carboxylic acids is 5. The zero-order valence-corrected chi connectivity index (χ0v) is 19.2. The van der Waals surface area contributed by atoms with Gasteiger partial charge in [0.15, 0.2) is 0 Å². The summed E-state index contributed by atoms with van der Waals surface area (Å²) in [4.78, 5) is 66.5. The van der Waals surface area contributed by atoms with Crippen LogP contribution in [0.25, 0.3) is 0 Å². The van der Waals surface area contributed by atoms with E-state index in [1.54, 1.807) is 0 Å². The monoisotopic (exact) mass is 460 g/mol. The zero-order chi connectivity index (χ0) is 24.1. The molecular weight excluding hydrogens is 428 g/mol. The summed E-state index contributed by atoms with van der Waals surface area (Å²) in [5.74, 6) is -2.01. The maximum absolute atomic E-state index is 13.1. The van der Waals surface area contributed by atoms with Gasteiger partial charge in [0, 0.05) is 19.6 Å². The molecule has 0 aromatic rings. The molecule has 11 heteroatoms. The summed E-state index contributed by atoms with van der Waals surface area (Å²) in [6.45, 7) is 2.15. The molecule has 2 aliphatic carbocycles. The first-order chi connectivity index (χ1) is 15.5. The van der Waals surface area contributed by atoms with Gasteiger partial charge in [-0.05, 0) is 50.4 Å². The number of hydrogen-bond acceptors (Lipinski definition) is 7. The van der Waals surface area contributed by atoms with Crippen molar-refractivity contribution < 1.29 is 24.0 Å². The average Bonchev–Trinajstić information content (AvgIpc) is 2.72. The molecule has 2 heterocycles. The zero-order valence-electron chi connectivity index (χ0n) is 19.2. The summed E-state index contributed by atoms with van der Waals surface area (Å²) in [6, 6.07) is -1.33. The van der Waals surface area contributed by atoms with Gasteiger partial charge in [0.1, 0.15) is 11.4 Å². The summed E-state index contributed by atoms with van der Waals surface area (Å²) < 4.78 is 0. The van der Waals surface area contributed by atoms with Crippen LogP contribution in [0, 0.1) is 5.41 Å². The Balaban J connectivity index is 1.46. The number of amides is 7. The molecule has 2 aliphatic heterocycles. The summed E-state index contributed by atoms with van der Waals surface area (Å²) in [6.07, 6.45) is 5.81. The van der Waals surface area contributed by atoms with E-state index in [1.165, 1.54) is 7.05 Å². The van der Waals surface area contributed by atoms with Crippen molar-refractivity contribution in [1.82, 2.24) is 20.0 Å². The SMILES string of the molecule is CCCCN1C(=O)C(=C(N)N)C(=O)N(C2CCC3(CC2)CC2(CC(=O)N(C)C(=O)N2)C3)C1=O. The average molecular weight is 461 g/mol. The number of nitrogens with two attached hydrogens (primary N) is 2. The van der Waals surface area contributed by atoms with Crippen molar-refractivity contribution in [2.45, 2.75) is 76.3 Å². The smallest absolute Gasteiger partial charge is 0.334 e. The van der Waals surface area contributed by atoms with Crippen molar-refractivity contribution >= 4 is 29.8 Å². The van der Waals surface area contributed by atoms with E-state index >= 15 is 0 Å². The lowest BCUT2D eigenvalue weighted by molar-refractivity contribution is -0.142. The fourth-order valence-electron chi connectivity index (χ4n) is 6.03. The van der Waals surface area contributed by atoms with E-state index in [2.05, 4.69) is 5.32 Å². The number of carbonyl (C=O) groups is 5. The highest BCUT2D eigenvalue weighted by Crippen LogP contribution is 2.59. The summed E-state index contributed by atoms with van der Waals surface area (Å²) in [5, 5.41) is 2.99. The van der Waals surface area contributed by atoms with E-state index in [-0.39, 0.29) is 41.3 Å². The second-order valence-corrected chi connectivity index (χ2v) is 10.0. The highest BCUT2D eigenvalue weighted by atomic mass is 16.2. The second kappa shape index (κ2) is 8.03. The minimum Gasteiger partial charge on any atom is -0.385 e. The number of nitrogens with zero attached hydrogens (tertiary/aromatic N) is 3. The summed E-state index contributed by atoms with van der Waals surface area (Å²) in [5.41, 5.74) is 10.5. The van der Waals surface area contributed by atoms with Crippen LogP contribution in [0.15, 0.2) is 11.4 Å². The third kappa shape index (κ3) is 3.72. The molecule has 33 heavy (non-hydrogen) atoms. The Hall–Kier alpha value is -3.11. The number of rotatable bonds is 4. The van der Waals surface area contributed by atoms with E-state index in [1.807, 2.05) is 6.92 Å². The Kier molecular flexibility index (Phi) is 5.61. The van der Waals surface area contributed by atoms with Gasteiger partial charge in [-0.2, -0.15) is 0 Å². The van der Waals surface area contributed by atoms with E-state index in [4.69, 9.17) is 11.5 Å². The molecule has 0 aromatic carbocycles. The third-order valence-corrected chi connectivity index (χ3v) is 7.70. The van der Waals surface area contributed by atoms with Gasteiger partial charge >= 0.3 is 12.1 Å². The number of unbranched alkanes of at least 4 members (excludes halogenated alkanes) is 1. The Labute approximate surface area is 192 Å². The van der Waals surface area contributed by atoms with E-state index in [9.17, 15) is 24.0 Å². The van der Waals surface area contributed by atoms with Crippen LogP contribution >= 0.6 is 0 Å². The molecule has 5 N–H and O–H groups in total. The number of urea groups is 2. The van der Waals surface area contributed by atoms with Crippen LogP contribution < -0.4 is 16.8 Å². The first kappa shape index (κ1) is 23.1. The topological polar surface area (TPSA) is 159 Å². The molecule has 0 aromatic heterocycles. The third-order valence-electron chi connectivity index (χ3n) is 7.70. The van der Waals surface area contributed by atoms with Gasteiger partial charge in [-0.3, -0.25) is 29.1 Å². The number of hydrogen-bond donors (Lipinski definition) is 3. The molecule has 2 spiro atoms. The predicted molar refractivity (Wildman–Crippen MR) is 117 cm³/mol. The van der Waals surface area contributed by atoms with Gasteiger partial charge in [0.25, 0.3) is 11.8 Å². The molecule has 0 unspecified atom stereocenters.